The van der Waals surface area contributed by atoms with Crippen molar-refractivity contribution < 1.29 is 4.42 Å². The van der Waals surface area contributed by atoms with Crippen LogP contribution in [0.3, 0.4) is 0 Å². The van der Waals surface area contributed by atoms with E-state index in [9.17, 15) is 0 Å². The first-order valence-electron chi connectivity index (χ1n) is 19.5. The standard InChI is InChI=1S/C54H36N2O/c1-35-25-31-45-44-22-12-14-24-50(44)57-52(45)51(35)37-28-26-36(27-29-37)48-34-49(56-53(55-48)38-15-5-2-6-16-38)39-30-32-43-42-21-11-13-23-46(42)54(47(43)33-39,40-17-7-3-8-18-40)41-19-9-4-10-20-41/h2-34H,1H3. The Morgan fingerprint density at radius 1 is 0.421 bits per heavy atom. The lowest BCUT2D eigenvalue weighted by Gasteiger charge is -2.34. The molecule has 10 aromatic rings. The Labute approximate surface area is 331 Å². The van der Waals surface area contributed by atoms with E-state index in [0.717, 1.165) is 61.1 Å². The fourth-order valence-corrected chi connectivity index (χ4v) is 9.12. The molecule has 2 heterocycles. The lowest BCUT2D eigenvalue weighted by Crippen LogP contribution is -2.28. The van der Waals surface area contributed by atoms with Crippen molar-refractivity contribution in [1.82, 2.24) is 9.97 Å². The van der Waals surface area contributed by atoms with E-state index in [-0.39, 0.29) is 0 Å². The molecule has 3 heteroatoms. The first kappa shape index (κ1) is 33.0. The van der Waals surface area contributed by atoms with Crippen LogP contribution in [0.15, 0.2) is 205 Å². The van der Waals surface area contributed by atoms with Gasteiger partial charge in [0.25, 0.3) is 0 Å². The Morgan fingerprint density at radius 2 is 1.00 bits per heavy atom. The van der Waals surface area contributed by atoms with Crippen LogP contribution in [0.2, 0.25) is 0 Å². The summed E-state index contributed by atoms with van der Waals surface area (Å²) in [5, 5.41) is 2.26. The van der Waals surface area contributed by atoms with Crippen LogP contribution in [-0.4, -0.2) is 9.97 Å². The van der Waals surface area contributed by atoms with Gasteiger partial charge in [-0.2, -0.15) is 0 Å². The molecular formula is C54H36N2O. The molecule has 0 spiro atoms. The molecule has 3 nitrogen and oxygen atoms in total. The van der Waals surface area contributed by atoms with E-state index in [0.29, 0.717) is 5.82 Å². The lowest BCUT2D eigenvalue weighted by atomic mass is 9.67. The maximum absolute atomic E-state index is 6.47. The summed E-state index contributed by atoms with van der Waals surface area (Å²) in [7, 11) is 0. The number of nitrogens with zero attached hydrogens (tertiary/aromatic N) is 2. The summed E-state index contributed by atoms with van der Waals surface area (Å²) in [6, 6.07) is 71.4. The van der Waals surface area contributed by atoms with Crippen LogP contribution >= 0.6 is 0 Å². The molecule has 2 aromatic heterocycles. The third-order valence-electron chi connectivity index (χ3n) is 11.7. The van der Waals surface area contributed by atoms with E-state index < -0.39 is 5.41 Å². The van der Waals surface area contributed by atoms with E-state index >= 15 is 0 Å². The van der Waals surface area contributed by atoms with Crippen LogP contribution in [0.1, 0.15) is 27.8 Å². The average molecular weight is 729 g/mol. The number of aromatic nitrogens is 2. The predicted octanol–water partition coefficient (Wildman–Crippen LogP) is 13.7. The average Bonchev–Trinajstić information content (AvgIpc) is 3.81. The number of hydrogen-bond acceptors (Lipinski definition) is 3. The molecule has 1 aliphatic rings. The van der Waals surface area contributed by atoms with Crippen LogP contribution in [0.25, 0.3) is 78.1 Å². The Balaban J connectivity index is 1.08. The van der Waals surface area contributed by atoms with Gasteiger partial charge in [-0.3, -0.25) is 0 Å². The van der Waals surface area contributed by atoms with Gasteiger partial charge in [0.2, 0.25) is 0 Å². The molecule has 0 saturated carbocycles. The number of furan rings is 1. The molecule has 0 saturated heterocycles. The quantitative estimate of drug-likeness (QED) is 0.171. The van der Waals surface area contributed by atoms with Gasteiger partial charge >= 0.3 is 0 Å². The van der Waals surface area contributed by atoms with Crippen molar-refractivity contribution in [3.63, 3.8) is 0 Å². The van der Waals surface area contributed by atoms with E-state index in [2.05, 4.69) is 177 Å². The topological polar surface area (TPSA) is 38.9 Å². The van der Waals surface area contributed by atoms with Crippen molar-refractivity contribution in [3.8, 4) is 56.2 Å². The number of fused-ring (bicyclic) bond motifs is 6. The first-order valence-corrected chi connectivity index (χ1v) is 19.5. The zero-order chi connectivity index (χ0) is 37.9. The summed E-state index contributed by atoms with van der Waals surface area (Å²) in [5.41, 5.74) is 17.0. The summed E-state index contributed by atoms with van der Waals surface area (Å²) in [5.74, 6) is 0.691. The second kappa shape index (κ2) is 13.1. The summed E-state index contributed by atoms with van der Waals surface area (Å²) < 4.78 is 6.47. The number of benzene rings is 8. The Bertz CT molecular complexity index is 3070. The number of para-hydroxylation sites is 1. The van der Waals surface area contributed by atoms with Crippen LogP contribution in [-0.2, 0) is 5.41 Å². The Hall–Kier alpha value is -7.36. The van der Waals surface area contributed by atoms with Crippen LogP contribution < -0.4 is 0 Å². The smallest absolute Gasteiger partial charge is 0.160 e. The molecular weight excluding hydrogens is 693 g/mol. The minimum Gasteiger partial charge on any atom is -0.455 e. The van der Waals surface area contributed by atoms with E-state index in [4.69, 9.17) is 14.4 Å². The molecule has 0 amide bonds. The van der Waals surface area contributed by atoms with Crippen LogP contribution in [0.4, 0.5) is 0 Å². The van der Waals surface area contributed by atoms with Crippen molar-refractivity contribution in [1.29, 1.82) is 0 Å². The van der Waals surface area contributed by atoms with Gasteiger partial charge in [-0.05, 0) is 69.6 Å². The van der Waals surface area contributed by atoms with Crippen molar-refractivity contribution in [2.45, 2.75) is 12.3 Å². The van der Waals surface area contributed by atoms with Crippen molar-refractivity contribution in [2.24, 2.45) is 0 Å². The van der Waals surface area contributed by atoms with Crippen molar-refractivity contribution >= 4 is 21.9 Å². The third-order valence-corrected chi connectivity index (χ3v) is 11.7. The minimum absolute atomic E-state index is 0.501. The van der Waals surface area contributed by atoms with Gasteiger partial charge in [-0.15, -0.1) is 0 Å². The fourth-order valence-electron chi connectivity index (χ4n) is 9.12. The van der Waals surface area contributed by atoms with Gasteiger partial charge < -0.3 is 4.42 Å². The monoisotopic (exact) mass is 728 g/mol. The molecule has 1 aliphatic carbocycles. The number of aryl methyl sites for hydroxylation is 1. The maximum Gasteiger partial charge on any atom is 0.160 e. The molecule has 0 unspecified atom stereocenters. The molecule has 0 atom stereocenters. The molecule has 0 N–H and O–H groups in total. The van der Waals surface area contributed by atoms with E-state index in [1.807, 2.05) is 30.3 Å². The van der Waals surface area contributed by atoms with Gasteiger partial charge in [-0.1, -0.05) is 182 Å². The summed E-state index contributed by atoms with van der Waals surface area (Å²) in [4.78, 5) is 10.5. The lowest BCUT2D eigenvalue weighted by molar-refractivity contribution is 0.669. The number of rotatable bonds is 6. The third kappa shape index (κ3) is 5.20. The zero-order valence-corrected chi connectivity index (χ0v) is 31.4. The molecule has 8 aromatic carbocycles. The normalized spacial score (nSPS) is 12.8. The highest BCUT2D eigenvalue weighted by Gasteiger charge is 2.46. The Morgan fingerprint density at radius 3 is 1.74 bits per heavy atom. The predicted molar refractivity (Wildman–Crippen MR) is 233 cm³/mol. The SMILES string of the molecule is Cc1ccc2c(oc3ccccc32)c1-c1ccc(-c2cc(-c3ccc4c(c3)C(c3ccccc3)(c3ccccc3)c3ccccc3-4)nc(-c3ccccc3)n2)cc1. The van der Waals surface area contributed by atoms with Crippen molar-refractivity contribution in [3.05, 3.63) is 228 Å². The summed E-state index contributed by atoms with van der Waals surface area (Å²) in [6.07, 6.45) is 0. The van der Waals surface area contributed by atoms with Gasteiger partial charge in [-0.25, -0.2) is 9.97 Å². The van der Waals surface area contributed by atoms with Gasteiger partial charge in [0.05, 0.1) is 16.8 Å². The highest BCUT2D eigenvalue weighted by molar-refractivity contribution is 6.10. The van der Waals surface area contributed by atoms with Gasteiger partial charge in [0, 0.05) is 33.0 Å². The molecule has 0 radical (unpaired) electrons. The zero-order valence-electron chi connectivity index (χ0n) is 31.4. The van der Waals surface area contributed by atoms with E-state index in [1.54, 1.807) is 0 Å². The molecule has 57 heavy (non-hydrogen) atoms. The molecule has 0 bridgehead atoms. The van der Waals surface area contributed by atoms with E-state index in [1.165, 1.54) is 38.9 Å². The molecule has 0 fully saturated rings. The maximum atomic E-state index is 6.47. The molecule has 0 aliphatic heterocycles. The van der Waals surface area contributed by atoms with Crippen LogP contribution in [0, 0.1) is 6.92 Å². The minimum atomic E-state index is -0.501. The van der Waals surface area contributed by atoms with Gasteiger partial charge in [0.15, 0.2) is 5.82 Å². The fraction of sp³-hybridized carbons (Fsp3) is 0.0370. The number of hydrogen-bond donors (Lipinski definition) is 0. The molecule has 11 rings (SSSR count). The molecule has 268 valence electrons. The second-order valence-electron chi connectivity index (χ2n) is 14.9. The van der Waals surface area contributed by atoms with Crippen molar-refractivity contribution in [2.75, 3.05) is 0 Å². The highest BCUT2D eigenvalue weighted by atomic mass is 16.3. The first-order chi connectivity index (χ1) is 28.2. The summed E-state index contributed by atoms with van der Waals surface area (Å²) in [6.45, 7) is 2.15. The van der Waals surface area contributed by atoms with Gasteiger partial charge in [0.1, 0.15) is 11.2 Å². The Kier molecular flexibility index (Phi) is 7.61. The van der Waals surface area contributed by atoms with Crippen LogP contribution in [0.5, 0.6) is 0 Å². The largest absolute Gasteiger partial charge is 0.455 e. The summed E-state index contributed by atoms with van der Waals surface area (Å²) >= 11 is 0. The highest BCUT2D eigenvalue weighted by Crippen LogP contribution is 2.56. The second-order valence-corrected chi connectivity index (χ2v) is 14.9.